The summed E-state index contributed by atoms with van der Waals surface area (Å²) in [7, 11) is -7.77. The molecule has 0 amide bonds. The Morgan fingerprint density at radius 3 is 1.80 bits per heavy atom. The molecule has 1 saturated heterocycles. The molecule has 1 aliphatic rings. The van der Waals surface area contributed by atoms with Crippen LogP contribution in [-0.2, 0) is 24.8 Å². The van der Waals surface area contributed by atoms with Crippen LogP contribution in [0, 0.1) is 20.8 Å². The minimum absolute atomic E-state index is 0.0966. The standard InChI is InChI=1S/C25H27ClN2O5S2/c1-18-16-19(2)25(20(3)17-18)35(31,32)28(22-6-4-21(26)5-7-22)23-8-10-24(11-9-23)34(29,30)27-12-14-33-15-13-27/h4-11,16-17H,12-15H2,1-3H3. The SMILES string of the molecule is Cc1cc(C)c(S(=O)(=O)N(c2ccc(Cl)cc2)c2ccc(S(=O)(=O)N3CCOCC3)cc2)c(C)c1. The third-order valence-electron chi connectivity index (χ3n) is 5.84. The van der Waals surface area contributed by atoms with Crippen molar-refractivity contribution in [3.8, 4) is 0 Å². The number of morpholine rings is 1. The fourth-order valence-corrected chi connectivity index (χ4v) is 7.80. The van der Waals surface area contributed by atoms with Crippen molar-refractivity contribution in [2.24, 2.45) is 0 Å². The van der Waals surface area contributed by atoms with Crippen LogP contribution in [0.5, 0.6) is 0 Å². The Kier molecular flexibility index (Phi) is 7.26. The first-order valence-electron chi connectivity index (χ1n) is 11.1. The Bertz CT molecular complexity index is 1410. The van der Waals surface area contributed by atoms with Crippen LogP contribution in [0.15, 0.2) is 70.5 Å². The van der Waals surface area contributed by atoms with Gasteiger partial charge in [-0.15, -0.1) is 0 Å². The second-order valence-electron chi connectivity index (χ2n) is 8.48. The van der Waals surface area contributed by atoms with Crippen LogP contribution in [0.25, 0.3) is 0 Å². The number of sulfonamides is 2. The van der Waals surface area contributed by atoms with Crippen LogP contribution in [0.1, 0.15) is 16.7 Å². The summed E-state index contributed by atoms with van der Waals surface area (Å²) in [6, 6.07) is 16.0. The lowest BCUT2D eigenvalue weighted by Crippen LogP contribution is -2.40. The first-order valence-corrected chi connectivity index (χ1v) is 14.3. The Hall–Kier alpha value is -2.43. The number of hydrogen-bond acceptors (Lipinski definition) is 5. The van der Waals surface area contributed by atoms with Gasteiger partial charge in [-0.25, -0.2) is 21.1 Å². The number of hydrogen-bond donors (Lipinski definition) is 0. The summed E-state index contributed by atoms with van der Waals surface area (Å²) in [5, 5.41) is 0.473. The van der Waals surface area contributed by atoms with Gasteiger partial charge in [0.1, 0.15) is 0 Å². The molecule has 3 aromatic rings. The van der Waals surface area contributed by atoms with E-state index in [4.69, 9.17) is 16.3 Å². The van der Waals surface area contributed by atoms with Crippen LogP contribution in [0.3, 0.4) is 0 Å². The van der Waals surface area contributed by atoms with Gasteiger partial charge in [-0.1, -0.05) is 29.3 Å². The van der Waals surface area contributed by atoms with Gasteiger partial charge in [0.05, 0.1) is 34.4 Å². The van der Waals surface area contributed by atoms with Crippen LogP contribution in [-0.4, -0.2) is 47.4 Å². The highest BCUT2D eigenvalue weighted by atomic mass is 35.5. The van der Waals surface area contributed by atoms with E-state index in [1.165, 1.54) is 32.9 Å². The van der Waals surface area contributed by atoms with Crippen molar-refractivity contribution in [1.29, 1.82) is 0 Å². The third-order valence-corrected chi connectivity index (χ3v) is 10.1. The molecular weight excluding hydrogens is 508 g/mol. The van der Waals surface area contributed by atoms with Gasteiger partial charge in [-0.05, 0) is 80.4 Å². The molecule has 0 aromatic heterocycles. The normalized spacial score (nSPS) is 15.2. The quantitative estimate of drug-likeness (QED) is 0.453. The maximum Gasteiger partial charge on any atom is 0.269 e. The highest BCUT2D eigenvalue weighted by Crippen LogP contribution is 2.36. The molecule has 3 aromatic carbocycles. The lowest BCUT2D eigenvalue weighted by atomic mass is 10.1. The van der Waals surface area contributed by atoms with E-state index in [2.05, 4.69) is 0 Å². The van der Waals surface area contributed by atoms with Crippen molar-refractivity contribution in [2.45, 2.75) is 30.6 Å². The number of aryl methyl sites for hydroxylation is 3. The molecule has 1 heterocycles. The lowest BCUT2D eigenvalue weighted by molar-refractivity contribution is 0.0730. The van der Waals surface area contributed by atoms with Gasteiger partial charge in [0, 0.05) is 18.1 Å². The lowest BCUT2D eigenvalue weighted by Gasteiger charge is -2.28. The molecule has 0 atom stereocenters. The zero-order valence-corrected chi connectivity index (χ0v) is 22.1. The second kappa shape index (κ2) is 9.91. The highest BCUT2D eigenvalue weighted by Gasteiger charge is 2.31. The maximum absolute atomic E-state index is 14.1. The minimum atomic E-state index is -4.05. The molecule has 0 bridgehead atoms. The van der Waals surface area contributed by atoms with E-state index in [-0.39, 0.29) is 22.9 Å². The van der Waals surface area contributed by atoms with E-state index in [0.29, 0.717) is 40.7 Å². The van der Waals surface area contributed by atoms with Gasteiger partial charge in [0.15, 0.2) is 0 Å². The number of ether oxygens (including phenoxy) is 1. The molecule has 35 heavy (non-hydrogen) atoms. The largest absolute Gasteiger partial charge is 0.379 e. The first kappa shape index (κ1) is 25.7. The van der Waals surface area contributed by atoms with Crippen molar-refractivity contribution >= 4 is 43.0 Å². The third kappa shape index (κ3) is 5.10. The monoisotopic (exact) mass is 534 g/mol. The van der Waals surface area contributed by atoms with E-state index >= 15 is 0 Å². The van der Waals surface area contributed by atoms with Crippen molar-refractivity contribution in [3.05, 3.63) is 82.4 Å². The first-order chi connectivity index (χ1) is 16.5. The number of anilines is 2. The summed E-state index contributed by atoms with van der Waals surface area (Å²) >= 11 is 6.06. The Labute approximate surface area is 212 Å². The average molecular weight is 535 g/mol. The fraction of sp³-hybridized carbons (Fsp3) is 0.280. The van der Waals surface area contributed by atoms with Crippen LogP contribution in [0.2, 0.25) is 5.02 Å². The van der Waals surface area contributed by atoms with E-state index in [1.54, 1.807) is 38.1 Å². The van der Waals surface area contributed by atoms with Gasteiger partial charge in [-0.2, -0.15) is 4.31 Å². The van der Waals surface area contributed by atoms with E-state index in [0.717, 1.165) is 5.56 Å². The van der Waals surface area contributed by atoms with Gasteiger partial charge in [0.25, 0.3) is 10.0 Å². The van der Waals surface area contributed by atoms with E-state index in [9.17, 15) is 16.8 Å². The molecule has 10 heteroatoms. The topological polar surface area (TPSA) is 84.0 Å². The van der Waals surface area contributed by atoms with Gasteiger partial charge < -0.3 is 4.74 Å². The molecule has 4 rings (SSSR count). The van der Waals surface area contributed by atoms with Crippen molar-refractivity contribution in [3.63, 3.8) is 0 Å². The molecule has 186 valence electrons. The Morgan fingerprint density at radius 1 is 0.800 bits per heavy atom. The zero-order chi connectivity index (χ0) is 25.4. The Balaban J connectivity index is 1.82. The fourth-order valence-electron chi connectivity index (χ4n) is 4.36. The smallest absolute Gasteiger partial charge is 0.269 e. The number of nitrogens with zero attached hydrogens (tertiary/aromatic N) is 2. The van der Waals surface area contributed by atoms with Gasteiger partial charge in [0.2, 0.25) is 10.0 Å². The van der Waals surface area contributed by atoms with Crippen molar-refractivity contribution in [1.82, 2.24) is 4.31 Å². The number of halogens is 1. The summed E-state index contributed by atoms with van der Waals surface area (Å²) in [6.45, 7) is 6.70. The average Bonchev–Trinajstić information content (AvgIpc) is 2.80. The van der Waals surface area contributed by atoms with Crippen LogP contribution < -0.4 is 4.31 Å². The summed E-state index contributed by atoms with van der Waals surface area (Å²) in [6.07, 6.45) is 0. The molecule has 0 N–H and O–H groups in total. The molecule has 0 radical (unpaired) electrons. The molecule has 0 spiro atoms. The van der Waals surface area contributed by atoms with Crippen LogP contribution in [0.4, 0.5) is 11.4 Å². The number of rotatable bonds is 6. The molecule has 7 nitrogen and oxygen atoms in total. The second-order valence-corrected chi connectivity index (χ2v) is 12.6. The van der Waals surface area contributed by atoms with Gasteiger partial charge in [-0.3, -0.25) is 0 Å². The van der Waals surface area contributed by atoms with Crippen molar-refractivity contribution < 1.29 is 21.6 Å². The van der Waals surface area contributed by atoms with Gasteiger partial charge >= 0.3 is 0 Å². The predicted molar refractivity (Wildman–Crippen MR) is 137 cm³/mol. The molecule has 1 aliphatic heterocycles. The highest BCUT2D eigenvalue weighted by molar-refractivity contribution is 7.93. The molecular formula is C25H27ClN2O5S2. The summed E-state index contributed by atoms with van der Waals surface area (Å²) in [5.74, 6) is 0. The number of benzene rings is 3. The van der Waals surface area contributed by atoms with Crippen molar-refractivity contribution in [2.75, 3.05) is 30.6 Å². The van der Waals surface area contributed by atoms with E-state index < -0.39 is 20.0 Å². The molecule has 1 fully saturated rings. The molecule has 0 unspecified atom stereocenters. The summed E-state index contributed by atoms with van der Waals surface area (Å²) in [4.78, 5) is 0.308. The molecule has 0 saturated carbocycles. The molecule has 0 aliphatic carbocycles. The maximum atomic E-state index is 14.1. The summed E-state index contributed by atoms with van der Waals surface area (Å²) < 4.78 is 62.0. The minimum Gasteiger partial charge on any atom is -0.379 e. The van der Waals surface area contributed by atoms with E-state index in [1.807, 2.05) is 19.1 Å². The van der Waals surface area contributed by atoms with Crippen LogP contribution >= 0.6 is 11.6 Å². The zero-order valence-electron chi connectivity index (χ0n) is 19.7. The summed E-state index contributed by atoms with van der Waals surface area (Å²) in [5.41, 5.74) is 2.93. The Morgan fingerprint density at radius 2 is 1.29 bits per heavy atom. The predicted octanol–water partition coefficient (Wildman–Crippen LogP) is 4.81.